The van der Waals surface area contributed by atoms with Crippen LogP contribution in [0.15, 0.2) is 35.2 Å². The molecule has 1 saturated carbocycles. The first kappa shape index (κ1) is 16.9. The van der Waals surface area contributed by atoms with Gasteiger partial charge in [-0.3, -0.25) is 14.0 Å². The zero-order valence-corrected chi connectivity index (χ0v) is 15.1. The molecule has 3 aromatic rings. The van der Waals surface area contributed by atoms with Crippen molar-refractivity contribution in [3.05, 3.63) is 42.2 Å². The summed E-state index contributed by atoms with van der Waals surface area (Å²) in [5.41, 5.74) is 12.7. The number of nitrogens with zero attached hydrogens (tertiary/aromatic N) is 4. The summed E-state index contributed by atoms with van der Waals surface area (Å²) in [7, 11) is 0. The lowest BCUT2D eigenvalue weighted by molar-refractivity contribution is 0.0771. The van der Waals surface area contributed by atoms with E-state index in [4.69, 9.17) is 15.9 Å². The SMILES string of the molecule is NC(=O)c1ncn2c(C(=O)N3CC4CCC(N)C4C3)cc(-c3ccco3)nc12. The van der Waals surface area contributed by atoms with E-state index < -0.39 is 5.91 Å². The van der Waals surface area contributed by atoms with Gasteiger partial charge in [0, 0.05) is 19.1 Å². The van der Waals surface area contributed by atoms with Crippen LogP contribution in [0.4, 0.5) is 0 Å². The highest BCUT2D eigenvalue weighted by Gasteiger charge is 2.43. The Hall–Kier alpha value is -3.20. The first-order chi connectivity index (χ1) is 13.5. The molecule has 3 atom stereocenters. The van der Waals surface area contributed by atoms with Crippen molar-refractivity contribution in [1.29, 1.82) is 0 Å². The van der Waals surface area contributed by atoms with E-state index in [0.717, 1.165) is 12.8 Å². The maximum absolute atomic E-state index is 13.4. The predicted molar refractivity (Wildman–Crippen MR) is 99.3 cm³/mol. The molecule has 28 heavy (non-hydrogen) atoms. The number of aromatic nitrogens is 3. The summed E-state index contributed by atoms with van der Waals surface area (Å²) in [6, 6.07) is 5.28. The first-order valence-corrected chi connectivity index (χ1v) is 9.29. The number of carbonyl (C=O) groups excluding carboxylic acids is 2. The van der Waals surface area contributed by atoms with Gasteiger partial charge in [-0.1, -0.05) is 0 Å². The second kappa shape index (κ2) is 6.16. The summed E-state index contributed by atoms with van der Waals surface area (Å²) in [5.74, 6) is 0.440. The summed E-state index contributed by atoms with van der Waals surface area (Å²) >= 11 is 0. The van der Waals surface area contributed by atoms with Crippen LogP contribution in [0, 0.1) is 11.8 Å². The Bertz CT molecular complexity index is 1070. The van der Waals surface area contributed by atoms with E-state index in [-0.39, 0.29) is 23.3 Å². The molecular formula is C19H20N6O3. The lowest BCUT2D eigenvalue weighted by atomic mass is 9.98. The molecule has 1 aliphatic carbocycles. The molecule has 5 rings (SSSR count). The Morgan fingerprint density at radius 1 is 1.25 bits per heavy atom. The maximum atomic E-state index is 13.4. The number of carbonyl (C=O) groups is 2. The van der Waals surface area contributed by atoms with Crippen LogP contribution in [0.3, 0.4) is 0 Å². The van der Waals surface area contributed by atoms with Gasteiger partial charge >= 0.3 is 0 Å². The van der Waals surface area contributed by atoms with Gasteiger partial charge in [-0.15, -0.1) is 0 Å². The molecule has 2 amide bonds. The average molecular weight is 380 g/mol. The fraction of sp³-hybridized carbons (Fsp3) is 0.368. The molecule has 9 nitrogen and oxygen atoms in total. The molecule has 0 bridgehead atoms. The smallest absolute Gasteiger partial charge is 0.271 e. The van der Waals surface area contributed by atoms with Gasteiger partial charge in [-0.05, 0) is 42.9 Å². The van der Waals surface area contributed by atoms with Gasteiger partial charge in [-0.25, -0.2) is 9.97 Å². The number of likely N-dealkylation sites (tertiary alicyclic amines) is 1. The van der Waals surface area contributed by atoms with Crippen molar-refractivity contribution in [2.75, 3.05) is 13.1 Å². The number of imidazole rings is 1. The van der Waals surface area contributed by atoms with E-state index in [1.807, 2.05) is 4.90 Å². The highest BCUT2D eigenvalue weighted by molar-refractivity contribution is 5.99. The molecule has 4 N–H and O–H groups in total. The van der Waals surface area contributed by atoms with Gasteiger partial charge in [0.05, 0.1) is 6.26 Å². The van der Waals surface area contributed by atoms with Crippen molar-refractivity contribution < 1.29 is 14.0 Å². The van der Waals surface area contributed by atoms with Crippen LogP contribution in [-0.4, -0.2) is 50.2 Å². The molecule has 3 aromatic heterocycles. The quantitative estimate of drug-likeness (QED) is 0.693. The predicted octanol–water partition coefficient (Wildman–Crippen LogP) is 0.898. The minimum atomic E-state index is -0.702. The van der Waals surface area contributed by atoms with Crippen LogP contribution in [-0.2, 0) is 0 Å². The van der Waals surface area contributed by atoms with Crippen LogP contribution in [0.5, 0.6) is 0 Å². The fourth-order valence-corrected chi connectivity index (χ4v) is 4.49. The van der Waals surface area contributed by atoms with E-state index in [2.05, 4.69) is 9.97 Å². The third kappa shape index (κ3) is 2.50. The number of amides is 2. The zero-order chi connectivity index (χ0) is 19.4. The highest BCUT2D eigenvalue weighted by atomic mass is 16.3. The van der Waals surface area contributed by atoms with Gasteiger partial charge < -0.3 is 20.8 Å². The third-order valence-corrected chi connectivity index (χ3v) is 5.93. The molecule has 144 valence electrons. The number of furan rings is 1. The van der Waals surface area contributed by atoms with Gasteiger partial charge in [0.1, 0.15) is 17.7 Å². The minimum Gasteiger partial charge on any atom is -0.463 e. The van der Waals surface area contributed by atoms with Crippen LogP contribution in [0.2, 0.25) is 0 Å². The van der Waals surface area contributed by atoms with Crippen molar-refractivity contribution in [3.63, 3.8) is 0 Å². The Morgan fingerprint density at radius 2 is 2.11 bits per heavy atom. The molecule has 0 spiro atoms. The number of hydrogen-bond donors (Lipinski definition) is 2. The molecule has 3 unspecified atom stereocenters. The Kier molecular flexibility index (Phi) is 3.73. The largest absolute Gasteiger partial charge is 0.463 e. The molecule has 2 aliphatic rings. The van der Waals surface area contributed by atoms with Gasteiger partial charge in [0.15, 0.2) is 17.1 Å². The standard InChI is InChI=1S/C19H20N6O3/c20-12-4-3-10-7-24(8-11(10)12)19(27)14-6-13(15-2-1-5-28-15)23-18-16(17(21)26)22-9-25(14)18/h1-2,5-6,9-12H,3-4,7-8,20H2,(H2,21,26). The number of rotatable bonds is 3. The molecule has 9 heteroatoms. The van der Waals surface area contributed by atoms with Crippen molar-refractivity contribution >= 4 is 17.5 Å². The molecular weight excluding hydrogens is 360 g/mol. The van der Waals surface area contributed by atoms with Crippen molar-refractivity contribution in [3.8, 4) is 11.5 Å². The van der Waals surface area contributed by atoms with E-state index in [9.17, 15) is 9.59 Å². The van der Waals surface area contributed by atoms with Gasteiger partial charge in [0.25, 0.3) is 11.8 Å². The van der Waals surface area contributed by atoms with Crippen molar-refractivity contribution in [2.24, 2.45) is 23.3 Å². The van der Waals surface area contributed by atoms with E-state index in [0.29, 0.717) is 42.1 Å². The lowest BCUT2D eigenvalue weighted by Crippen LogP contribution is -2.34. The van der Waals surface area contributed by atoms with Crippen molar-refractivity contribution in [2.45, 2.75) is 18.9 Å². The molecule has 0 aromatic carbocycles. The third-order valence-electron chi connectivity index (χ3n) is 5.93. The number of nitrogens with two attached hydrogens (primary N) is 2. The maximum Gasteiger partial charge on any atom is 0.271 e. The van der Waals surface area contributed by atoms with Crippen LogP contribution < -0.4 is 11.5 Å². The highest BCUT2D eigenvalue weighted by Crippen LogP contribution is 2.37. The summed E-state index contributed by atoms with van der Waals surface area (Å²) in [6.45, 7) is 1.33. The monoisotopic (exact) mass is 380 g/mol. The Labute approximate surface area is 160 Å². The number of fused-ring (bicyclic) bond motifs is 2. The number of primary amides is 1. The lowest BCUT2D eigenvalue weighted by Gasteiger charge is -2.19. The molecule has 1 saturated heterocycles. The van der Waals surface area contributed by atoms with Gasteiger partial charge in [0.2, 0.25) is 0 Å². The molecule has 4 heterocycles. The van der Waals surface area contributed by atoms with Gasteiger partial charge in [-0.2, -0.15) is 0 Å². The second-order valence-electron chi connectivity index (χ2n) is 7.53. The molecule has 1 aliphatic heterocycles. The summed E-state index contributed by atoms with van der Waals surface area (Å²) < 4.78 is 6.95. The number of hydrogen-bond acceptors (Lipinski definition) is 6. The zero-order valence-electron chi connectivity index (χ0n) is 15.1. The van der Waals surface area contributed by atoms with Crippen LogP contribution in [0.1, 0.15) is 33.8 Å². The topological polar surface area (TPSA) is 133 Å². The Balaban J connectivity index is 1.60. The average Bonchev–Trinajstić information content (AvgIpc) is 3.45. The molecule has 2 fully saturated rings. The van der Waals surface area contributed by atoms with Crippen LogP contribution >= 0.6 is 0 Å². The first-order valence-electron chi connectivity index (χ1n) is 9.29. The van der Waals surface area contributed by atoms with Crippen molar-refractivity contribution in [1.82, 2.24) is 19.3 Å². The normalized spacial score (nSPS) is 24.0. The summed E-state index contributed by atoms with van der Waals surface area (Å²) in [6.07, 6.45) is 5.00. The van der Waals surface area contributed by atoms with E-state index in [1.165, 1.54) is 17.0 Å². The Morgan fingerprint density at radius 3 is 2.82 bits per heavy atom. The summed E-state index contributed by atoms with van der Waals surface area (Å²) in [4.78, 5) is 35.5. The van der Waals surface area contributed by atoms with E-state index in [1.54, 1.807) is 18.2 Å². The fourth-order valence-electron chi connectivity index (χ4n) is 4.49. The molecule has 0 radical (unpaired) electrons. The van der Waals surface area contributed by atoms with Crippen LogP contribution in [0.25, 0.3) is 17.1 Å². The second-order valence-corrected chi connectivity index (χ2v) is 7.53. The summed E-state index contributed by atoms with van der Waals surface area (Å²) in [5, 5.41) is 0. The minimum absolute atomic E-state index is 0.0165. The van der Waals surface area contributed by atoms with E-state index >= 15 is 0 Å².